The van der Waals surface area contributed by atoms with Crippen molar-refractivity contribution in [2.75, 3.05) is 19.7 Å². The molecule has 5 nitrogen and oxygen atoms in total. The van der Waals surface area contributed by atoms with Gasteiger partial charge in [-0.1, -0.05) is 0 Å². The van der Waals surface area contributed by atoms with Gasteiger partial charge in [0.1, 0.15) is 10.6 Å². The lowest BCUT2D eigenvalue weighted by molar-refractivity contribution is -0.141. The number of nitrogens with zero attached hydrogens (tertiary/aromatic N) is 2. The van der Waals surface area contributed by atoms with E-state index in [0.29, 0.717) is 25.6 Å². The predicted octanol–water partition coefficient (Wildman–Crippen LogP) is 2.29. The van der Waals surface area contributed by atoms with Crippen LogP contribution in [0.1, 0.15) is 25.5 Å². The third kappa shape index (κ3) is 3.76. The second kappa shape index (κ2) is 6.51. The first-order valence-electron chi connectivity index (χ1n) is 6.90. The van der Waals surface area contributed by atoms with Crippen LogP contribution < -0.4 is 0 Å². The second-order valence-electron chi connectivity index (χ2n) is 4.96. The third-order valence-electron chi connectivity index (χ3n) is 3.41. The van der Waals surface area contributed by atoms with E-state index in [2.05, 4.69) is 4.98 Å². The minimum atomic E-state index is -4.59. The number of halogens is 3. The zero-order valence-corrected chi connectivity index (χ0v) is 12.8. The molecule has 1 aliphatic heterocycles. The highest BCUT2D eigenvalue weighted by Crippen LogP contribution is 2.28. The number of hydrogen-bond acceptors (Lipinski definition) is 4. The third-order valence-corrected chi connectivity index (χ3v) is 5.26. The minimum Gasteiger partial charge on any atom is -0.377 e. The summed E-state index contributed by atoms with van der Waals surface area (Å²) < 4.78 is 69.0. The first-order valence-corrected chi connectivity index (χ1v) is 8.34. The van der Waals surface area contributed by atoms with E-state index in [1.807, 2.05) is 6.92 Å². The predicted molar refractivity (Wildman–Crippen MR) is 72.6 cm³/mol. The van der Waals surface area contributed by atoms with Gasteiger partial charge in [0, 0.05) is 25.9 Å². The van der Waals surface area contributed by atoms with Gasteiger partial charge in [0.15, 0.2) is 0 Å². The van der Waals surface area contributed by atoms with Crippen LogP contribution in [0.2, 0.25) is 0 Å². The summed E-state index contributed by atoms with van der Waals surface area (Å²) in [6, 6.07) is 1.62. The number of piperidine rings is 1. The Morgan fingerprint density at radius 1 is 1.41 bits per heavy atom. The fourth-order valence-corrected chi connectivity index (χ4v) is 3.80. The highest BCUT2D eigenvalue weighted by molar-refractivity contribution is 7.89. The molecule has 2 heterocycles. The molecule has 22 heavy (non-hydrogen) atoms. The normalized spacial score (nSPS) is 21.0. The molecule has 0 spiro atoms. The van der Waals surface area contributed by atoms with E-state index in [4.69, 9.17) is 4.74 Å². The van der Waals surface area contributed by atoms with Gasteiger partial charge in [-0.3, -0.25) is 4.98 Å². The summed E-state index contributed by atoms with van der Waals surface area (Å²) in [6.45, 7) is 2.84. The van der Waals surface area contributed by atoms with Crippen LogP contribution in [-0.2, 0) is 20.9 Å². The molecule has 0 aromatic carbocycles. The lowest BCUT2D eigenvalue weighted by atomic mass is 10.1. The highest BCUT2D eigenvalue weighted by atomic mass is 32.2. The maximum Gasteiger partial charge on any atom is 0.433 e. The Balaban J connectivity index is 2.19. The van der Waals surface area contributed by atoms with Crippen molar-refractivity contribution in [3.8, 4) is 0 Å². The van der Waals surface area contributed by atoms with Crippen LogP contribution in [0.25, 0.3) is 0 Å². The Labute approximate surface area is 127 Å². The van der Waals surface area contributed by atoms with Crippen molar-refractivity contribution in [1.82, 2.24) is 9.29 Å². The molecule has 1 atom stereocenters. The number of rotatable bonds is 4. The number of sulfonamides is 1. The minimum absolute atomic E-state index is 0.184. The molecule has 1 fully saturated rings. The lowest BCUT2D eigenvalue weighted by Gasteiger charge is -2.31. The first kappa shape index (κ1) is 17.2. The molecular formula is C13H17F3N2O3S. The van der Waals surface area contributed by atoms with E-state index in [9.17, 15) is 21.6 Å². The van der Waals surface area contributed by atoms with Crippen LogP contribution in [0, 0.1) is 0 Å². The molecule has 124 valence electrons. The Bertz CT molecular complexity index is 600. The zero-order chi connectivity index (χ0) is 16.4. The van der Waals surface area contributed by atoms with E-state index < -0.39 is 21.9 Å². The molecule has 1 aromatic heterocycles. The van der Waals surface area contributed by atoms with Crippen molar-refractivity contribution in [1.29, 1.82) is 0 Å². The van der Waals surface area contributed by atoms with Gasteiger partial charge in [-0.05, 0) is 31.9 Å². The van der Waals surface area contributed by atoms with Crippen molar-refractivity contribution in [2.24, 2.45) is 0 Å². The van der Waals surface area contributed by atoms with E-state index in [-0.39, 0.29) is 17.5 Å². The Hall–Kier alpha value is -1.19. The number of ether oxygens (including phenoxy) is 1. The molecule has 0 unspecified atom stereocenters. The molecule has 0 aliphatic carbocycles. The summed E-state index contributed by atoms with van der Waals surface area (Å²) in [6.07, 6.45) is -2.60. The monoisotopic (exact) mass is 338 g/mol. The molecule has 0 N–H and O–H groups in total. The van der Waals surface area contributed by atoms with Gasteiger partial charge in [0.2, 0.25) is 10.0 Å². The quantitative estimate of drug-likeness (QED) is 0.845. The Kier molecular flexibility index (Phi) is 5.08. The molecule has 9 heteroatoms. The van der Waals surface area contributed by atoms with Crippen molar-refractivity contribution < 1.29 is 26.3 Å². The van der Waals surface area contributed by atoms with Gasteiger partial charge in [0.05, 0.1) is 6.10 Å². The van der Waals surface area contributed by atoms with Crippen LogP contribution in [0.15, 0.2) is 23.2 Å². The van der Waals surface area contributed by atoms with Crippen LogP contribution >= 0.6 is 0 Å². The fourth-order valence-electron chi connectivity index (χ4n) is 2.34. The Morgan fingerprint density at radius 2 is 2.14 bits per heavy atom. The molecule has 0 saturated carbocycles. The van der Waals surface area contributed by atoms with Crippen molar-refractivity contribution in [3.05, 3.63) is 24.0 Å². The largest absolute Gasteiger partial charge is 0.433 e. The molecule has 0 bridgehead atoms. The lowest BCUT2D eigenvalue weighted by Crippen LogP contribution is -2.43. The molecule has 0 radical (unpaired) electrons. The number of alkyl halides is 3. The molecule has 2 rings (SSSR count). The maximum atomic E-state index is 12.5. The van der Waals surface area contributed by atoms with E-state index in [1.165, 1.54) is 4.31 Å². The molecular weight excluding hydrogens is 321 g/mol. The molecule has 1 aliphatic rings. The summed E-state index contributed by atoms with van der Waals surface area (Å²) in [4.78, 5) is 2.97. The van der Waals surface area contributed by atoms with Crippen LogP contribution in [0.3, 0.4) is 0 Å². The average molecular weight is 338 g/mol. The fraction of sp³-hybridized carbons (Fsp3) is 0.615. The molecule has 1 saturated heterocycles. The van der Waals surface area contributed by atoms with Gasteiger partial charge in [-0.15, -0.1) is 0 Å². The van der Waals surface area contributed by atoms with Gasteiger partial charge in [0.25, 0.3) is 0 Å². The van der Waals surface area contributed by atoms with Crippen molar-refractivity contribution in [2.45, 2.75) is 36.9 Å². The summed E-state index contributed by atoms with van der Waals surface area (Å²) in [5.74, 6) is 0. The van der Waals surface area contributed by atoms with E-state index in [1.54, 1.807) is 0 Å². The van der Waals surface area contributed by atoms with E-state index in [0.717, 1.165) is 18.7 Å². The second-order valence-corrected chi connectivity index (χ2v) is 6.90. The van der Waals surface area contributed by atoms with Gasteiger partial charge in [-0.2, -0.15) is 17.5 Å². The smallest absolute Gasteiger partial charge is 0.377 e. The topological polar surface area (TPSA) is 59.5 Å². The highest BCUT2D eigenvalue weighted by Gasteiger charge is 2.34. The number of aromatic nitrogens is 1. The first-order chi connectivity index (χ1) is 10.2. The Morgan fingerprint density at radius 3 is 2.68 bits per heavy atom. The zero-order valence-electron chi connectivity index (χ0n) is 12.0. The van der Waals surface area contributed by atoms with Crippen LogP contribution in [0.5, 0.6) is 0 Å². The van der Waals surface area contributed by atoms with Gasteiger partial charge < -0.3 is 4.74 Å². The van der Waals surface area contributed by atoms with Crippen LogP contribution in [0.4, 0.5) is 13.2 Å². The standard InChI is InChI=1S/C13H17F3N2O3S/c1-2-21-10-4-3-7-18(9-10)22(19,20)11-5-6-12(17-8-11)13(14,15)16/h5-6,8,10H,2-4,7,9H2,1H3/t10-/m0/s1. The summed E-state index contributed by atoms with van der Waals surface area (Å²) in [5.41, 5.74) is -1.11. The van der Waals surface area contributed by atoms with Crippen molar-refractivity contribution >= 4 is 10.0 Å². The van der Waals surface area contributed by atoms with Crippen molar-refractivity contribution in [3.63, 3.8) is 0 Å². The van der Waals surface area contributed by atoms with E-state index >= 15 is 0 Å². The van der Waals surface area contributed by atoms with Gasteiger partial charge >= 0.3 is 6.18 Å². The SMILES string of the molecule is CCO[C@H]1CCCN(S(=O)(=O)c2ccc(C(F)(F)F)nc2)C1. The summed E-state index contributed by atoms with van der Waals surface area (Å²) in [7, 11) is -3.85. The number of hydrogen-bond donors (Lipinski definition) is 0. The average Bonchev–Trinajstić information content (AvgIpc) is 2.47. The van der Waals surface area contributed by atoms with Crippen LogP contribution in [-0.4, -0.2) is 43.5 Å². The summed E-state index contributed by atoms with van der Waals surface area (Å²) in [5, 5.41) is 0. The molecule has 1 aromatic rings. The van der Waals surface area contributed by atoms with Gasteiger partial charge in [-0.25, -0.2) is 8.42 Å². The number of pyridine rings is 1. The maximum absolute atomic E-state index is 12.5. The molecule has 0 amide bonds. The summed E-state index contributed by atoms with van der Waals surface area (Å²) >= 11 is 0.